The minimum atomic E-state index is -0.850. The molecule has 0 aromatic carbocycles. The van der Waals surface area contributed by atoms with Gasteiger partial charge in [0, 0.05) is 0 Å². The fourth-order valence-electron chi connectivity index (χ4n) is 3.06. The zero-order valence-corrected chi connectivity index (χ0v) is 21.3. The molecule has 0 aromatic heterocycles. The summed E-state index contributed by atoms with van der Waals surface area (Å²) in [6, 6.07) is 0. The van der Waals surface area contributed by atoms with Gasteiger partial charge in [-0.15, -0.1) is 0 Å². The summed E-state index contributed by atoms with van der Waals surface area (Å²) in [6.07, 6.45) is 7.93. The Kier molecular flexibility index (Phi) is 23.0. The van der Waals surface area contributed by atoms with Crippen molar-refractivity contribution in [2.24, 2.45) is 17.8 Å². The van der Waals surface area contributed by atoms with Crippen LogP contribution >= 0.6 is 12.0 Å². The van der Waals surface area contributed by atoms with Crippen molar-refractivity contribution < 1.29 is 63.5 Å². The van der Waals surface area contributed by atoms with Crippen molar-refractivity contribution in [3.8, 4) is 0 Å². The molecule has 7 nitrogen and oxygen atoms in total. The van der Waals surface area contributed by atoms with Gasteiger partial charge in [0.05, 0.1) is 25.8 Å². The average Bonchev–Trinajstić information content (AvgIpc) is 2.70. The minimum absolute atomic E-state index is 0. The van der Waals surface area contributed by atoms with E-state index in [1.807, 2.05) is 6.92 Å². The number of hydrogen-bond acceptors (Lipinski definition) is 8. The molecular weight excluding hydrogens is 395 g/mol. The maximum atomic E-state index is 12.4. The molecule has 0 aromatic rings. The van der Waals surface area contributed by atoms with Gasteiger partial charge in [-0.1, -0.05) is 66.2 Å². The van der Waals surface area contributed by atoms with E-state index in [2.05, 4.69) is 30.1 Å². The fourth-order valence-corrected chi connectivity index (χ4v) is 3.71. The number of rotatable bonds is 18. The summed E-state index contributed by atoms with van der Waals surface area (Å²) >= 11 is 0.645. The maximum absolute atomic E-state index is 12.4. The van der Waals surface area contributed by atoms with Gasteiger partial charge in [0.2, 0.25) is 0 Å². The van der Waals surface area contributed by atoms with E-state index < -0.39 is 17.3 Å². The van der Waals surface area contributed by atoms with Crippen LogP contribution in [-0.4, -0.2) is 25.1 Å². The Hall–Kier alpha value is 0.620. The van der Waals surface area contributed by atoms with E-state index in [0.29, 0.717) is 24.6 Å². The number of ether oxygens (including phenoxy) is 1. The van der Waals surface area contributed by atoms with Crippen LogP contribution in [0.4, 0.5) is 0 Å². The zero-order valence-electron chi connectivity index (χ0n) is 18.4. The third-order valence-electron chi connectivity index (χ3n) is 4.90. The van der Waals surface area contributed by atoms with Crippen molar-refractivity contribution in [1.29, 1.82) is 0 Å². The summed E-state index contributed by atoms with van der Waals surface area (Å²) in [6.45, 7) is 8.80. The molecule has 28 heavy (non-hydrogen) atoms. The second kappa shape index (κ2) is 20.9. The Morgan fingerprint density at radius 2 is 1.68 bits per heavy atom. The Labute approximate surface area is 196 Å². The standard InChI is InChI=1S/C19H38O7S.Na/c1-6-10-12-15(8-3)14-23-24-19(27-26-25-21)17(18(20)22-5)16(9-4)13-11-7-2;/h15-17,19,21H,6-14H2,1-5H3;/q;+1/p-1. The maximum Gasteiger partial charge on any atom is 1.00 e. The Balaban J connectivity index is 0. The average molecular weight is 433 g/mol. The van der Waals surface area contributed by atoms with E-state index in [0.717, 1.165) is 51.4 Å². The SMILES string of the molecule is CCCCC(CC)COOC(SOO[O-])C(C(=O)OC)C(CC)CCCC.[Na+]. The molecule has 0 aliphatic rings. The number of unbranched alkanes of at least 4 members (excludes halogenated alkanes) is 2. The van der Waals surface area contributed by atoms with E-state index in [1.165, 1.54) is 7.11 Å². The predicted octanol–water partition coefficient (Wildman–Crippen LogP) is 1.36. The van der Waals surface area contributed by atoms with Crippen molar-refractivity contribution in [2.45, 2.75) is 84.5 Å². The summed E-state index contributed by atoms with van der Waals surface area (Å²) in [5.41, 5.74) is -0.850. The third kappa shape index (κ3) is 13.0. The summed E-state index contributed by atoms with van der Waals surface area (Å²) in [7, 11) is 1.34. The van der Waals surface area contributed by atoms with Crippen molar-refractivity contribution in [2.75, 3.05) is 13.7 Å². The predicted molar refractivity (Wildman–Crippen MR) is 103 cm³/mol. The van der Waals surface area contributed by atoms with Gasteiger partial charge in [-0.25, -0.2) is 9.78 Å². The first-order valence-electron chi connectivity index (χ1n) is 10.1. The molecular formula is C19H37NaO7S. The first-order valence-corrected chi connectivity index (χ1v) is 10.9. The van der Waals surface area contributed by atoms with E-state index in [-0.39, 0.29) is 35.5 Å². The monoisotopic (exact) mass is 432 g/mol. The smallest absolute Gasteiger partial charge is 0.691 e. The van der Waals surface area contributed by atoms with E-state index in [9.17, 15) is 10.1 Å². The van der Waals surface area contributed by atoms with Crippen LogP contribution in [0.5, 0.6) is 0 Å². The van der Waals surface area contributed by atoms with Crippen LogP contribution in [0.15, 0.2) is 0 Å². The molecule has 0 heterocycles. The van der Waals surface area contributed by atoms with Crippen LogP contribution in [0.1, 0.15) is 79.1 Å². The molecule has 0 saturated heterocycles. The molecule has 0 aliphatic heterocycles. The molecule has 0 rings (SSSR count). The topological polar surface area (TPSA) is 86.3 Å². The minimum Gasteiger partial charge on any atom is -0.691 e. The first kappa shape index (κ1) is 30.8. The quantitative estimate of drug-likeness (QED) is 0.0801. The van der Waals surface area contributed by atoms with Gasteiger partial charge in [0.15, 0.2) is 5.44 Å². The van der Waals surface area contributed by atoms with Gasteiger partial charge >= 0.3 is 35.5 Å². The molecule has 9 heteroatoms. The van der Waals surface area contributed by atoms with Crippen molar-refractivity contribution >= 4 is 18.0 Å². The van der Waals surface area contributed by atoms with Crippen LogP contribution < -0.4 is 34.8 Å². The molecule has 0 aliphatic carbocycles. The van der Waals surface area contributed by atoms with Gasteiger partial charge in [-0.2, -0.15) is 4.33 Å². The van der Waals surface area contributed by atoms with Crippen molar-refractivity contribution in [3.63, 3.8) is 0 Å². The first-order chi connectivity index (χ1) is 13.1. The molecule has 0 N–H and O–H groups in total. The van der Waals surface area contributed by atoms with Crippen LogP contribution in [0, 0.1) is 17.8 Å². The summed E-state index contributed by atoms with van der Waals surface area (Å²) < 4.78 is 9.44. The second-order valence-corrected chi connectivity index (χ2v) is 7.55. The fraction of sp³-hybridized carbons (Fsp3) is 0.947. The van der Waals surface area contributed by atoms with Crippen molar-refractivity contribution in [1.82, 2.24) is 0 Å². The number of hydrogen-bond donors (Lipinski definition) is 0. The molecule has 162 valence electrons. The molecule has 4 atom stereocenters. The van der Waals surface area contributed by atoms with Gasteiger partial charge in [-0.05, 0) is 24.7 Å². The number of esters is 1. The van der Waals surface area contributed by atoms with E-state index in [4.69, 9.17) is 14.5 Å². The Morgan fingerprint density at radius 3 is 2.18 bits per heavy atom. The Morgan fingerprint density at radius 1 is 1.04 bits per heavy atom. The van der Waals surface area contributed by atoms with Crippen LogP contribution in [0.3, 0.4) is 0 Å². The van der Waals surface area contributed by atoms with Gasteiger partial charge in [0.1, 0.15) is 5.92 Å². The Bertz CT molecular complexity index is 363. The van der Waals surface area contributed by atoms with Gasteiger partial charge in [-0.3, -0.25) is 9.83 Å². The largest absolute Gasteiger partial charge is 1.00 e. The zero-order chi connectivity index (χ0) is 20.5. The molecule has 0 radical (unpaired) electrons. The molecule has 0 amide bonds. The van der Waals surface area contributed by atoms with Crippen LogP contribution in [0.25, 0.3) is 0 Å². The van der Waals surface area contributed by atoms with Crippen LogP contribution in [0.2, 0.25) is 0 Å². The number of methoxy groups -OCH3 is 1. The number of carbonyl (C=O) groups is 1. The molecule has 0 spiro atoms. The third-order valence-corrected chi connectivity index (χ3v) is 5.59. The van der Waals surface area contributed by atoms with E-state index >= 15 is 0 Å². The number of carbonyl (C=O) groups excluding carboxylic acids is 1. The molecule has 0 fully saturated rings. The van der Waals surface area contributed by atoms with Crippen LogP contribution in [-0.2, 0) is 28.7 Å². The van der Waals surface area contributed by atoms with Gasteiger partial charge < -0.3 is 9.99 Å². The second-order valence-electron chi connectivity index (χ2n) is 6.76. The molecule has 4 unspecified atom stereocenters. The molecule has 0 bridgehead atoms. The summed E-state index contributed by atoms with van der Waals surface area (Å²) in [5.74, 6) is -0.629. The van der Waals surface area contributed by atoms with Gasteiger partial charge in [0.25, 0.3) is 0 Å². The molecule has 0 saturated carbocycles. The van der Waals surface area contributed by atoms with E-state index in [1.54, 1.807) is 0 Å². The van der Waals surface area contributed by atoms with Crippen molar-refractivity contribution in [3.05, 3.63) is 0 Å². The summed E-state index contributed by atoms with van der Waals surface area (Å²) in [5, 5.41) is 13.8. The summed E-state index contributed by atoms with van der Waals surface area (Å²) in [4.78, 5) is 23.4. The normalized spacial score (nSPS) is 15.4.